The van der Waals surface area contributed by atoms with Crippen LogP contribution in [-0.4, -0.2) is 93.8 Å². The van der Waals surface area contributed by atoms with E-state index in [1.165, 1.54) is 0 Å². The van der Waals surface area contributed by atoms with E-state index in [0.29, 0.717) is 47.5 Å². The smallest absolute Gasteiger partial charge is 0.315 e. The van der Waals surface area contributed by atoms with Crippen LogP contribution in [0.15, 0.2) is 22.7 Å². The second-order valence-electron chi connectivity index (χ2n) is 10.9. The van der Waals surface area contributed by atoms with E-state index < -0.39 is 5.97 Å². The molecular formula is C29H40N6O7S. The fourth-order valence-corrected chi connectivity index (χ4v) is 6.73. The number of carbonyl (C=O) groups excluding carboxylic acids is 3. The van der Waals surface area contributed by atoms with Gasteiger partial charge in [0, 0.05) is 48.7 Å². The van der Waals surface area contributed by atoms with Gasteiger partial charge in [-0.25, -0.2) is 4.79 Å². The van der Waals surface area contributed by atoms with Crippen LogP contribution in [0.1, 0.15) is 56.3 Å². The van der Waals surface area contributed by atoms with Crippen molar-refractivity contribution in [2.75, 3.05) is 32.5 Å². The van der Waals surface area contributed by atoms with Crippen LogP contribution in [0.4, 0.5) is 4.79 Å². The molecule has 4 amide bonds. The first-order valence-electron chi connectivity index (χ1n) is 14.7. The number of amides is 4. The van der Waals surface area contributed by atoms with Crippen molar-refractivity contribution in [3.63, 3.8) is 0 Å². The minimum absolute atomic E-state index is 0.0553. The summed E-state index contributed by atoms with van der Waals surface area (Å²) >= 11 is 1.89. The summed E-state index contributed by atoms with van der Waals surface area (Å²) in [4.78, 5) is 53.4. The Balaban J connectivity index is 1.06. The van der Waals surface area contributed by atoms with Crippen LogP contribution in [0.2, 0.25) is 0 Å². The van der Waals surface area contributed by atoms with E-state index >= 15 is 0 Å². The maximum Gasteiger partial charge on any atom is 0.315 e. The van der Waals surface area contributed by atoms with Crippen LogP contribution in [0.5, 0.6) is 5.75 Å². The quantitative estimate of drug-likeness (QED) is 0.153. The van der Waals surface area contributed by atoms with Gasteiger partial charge >= 0.3 is 12.0 Å². The number of fused-ring (bicyclic) bond motifs is 1. The predicted octanol–water partition coefficient (Wildman–Crippen LogP) is 2.52. The average Bonchev–Trinajstić information content (AvgIpc) is 3.67. The third-order valence-corrected chi connectivity index (χ3v) is 9.04. The zero-order chi connectivity index (χ0) is 30.8. The van der Waals surface area contributed by atoms with Gasteiger partial charge in [0.05, 0.1) is 18.5 Å². The lowest BCUT2D eigenvalue weighted by Crippen LogP contribution is -2.36. The highest BCUT2D eigenvalue weighted by atomic mass is 32.2. The molecule has 4 rings (SSSR count). The number of hydrogen-bond donors (Lipinski definition) is 4. The van der Waals surface area contributed by atoms with Crippen molar-refractivity contribution in [1.29, 1.82) is 0 Å². The highest BCUT2D eigenvalue weighted by Gasteiger charge is 2.42. The molecule has 0 saturated carbocycles. The van der Waals surface area contributed by atoms with Crippen molar-refractivity contribution in [2.24, 2.45) is 0 Å². The summed E-state index contributed by atoms with van der Waals surface area (Å²) in [7, 11) is 1.70. The number of urea groups is 1. The molecular weight excluding hydrogens is 576 g/mol. The Morgan fingerprint density at radius 3 is 2.79 bits per heavy atom. The summed E-state index contributed by atoms with van der Waals surface area (Å²) in [5.41, 5.74) is 0.973. The molecule has 3 atom stereocenters. The number of nitrogens with one attached hydrogen (secondary N) is 3. The summed E-state index contributed by atoms with van der Waals surface area (Å²) < 4.78 is 10.9. The van der Waals surface area contributed by atoms with Gasteiger partial charge in [0.15, 0.2) is 12.4 Å². The largest absolute Gasteiger partial charge is 0.483 e. The maximum absolute atomic E-state index is 12.6. The molecule has 2 fully saturated rings. The van der Waals surface area contributed by atoms with Gasteiger partial charge in [0.1, 0.15) is 5.75 Å². The number of aromatic nitrogens is 2. The van der Waals surface area contributed by atoms with Gasteiger partial charge in [-0.15, -0.1) is 0 Å². The van der Waals surface area contributed by atoms with E-state index in [0.717, 1.165) is 44.3 Å². The molecule has 1 aromatic heterocycles. The Bertz CT molecular complexity index is 1290. The normalized spacial score (nSPS) is 18.9. The molecule has 0 aliphatic carbocycles. The third kappa shape index (κ3) is 9.60. The molecule has 2 unspecified atom stereocenters. The summed E-state index contributed by atoms with van der Waals surface area (Å²) in [5, 5.41) is 22.4. The molecule has 2 aliphatic heterocycles. The number of rotatable bonds is 17. The third-order valence-electron chi connectivity index (χ3n) is 7.53. The number of thioether (sulfide) groups is 1. The molecule has 0 spiro atoms. The standard InChI is InChI=1S/C29H40N6O7S/c1-18-31-28(42-34-18)19-10-11-22(20(14-19)15-26(38)39)41-16-25(37)35(2)13-7-3-6-12-30-24(36)9-5-4-8-23-27-21(17-43-23)32-29(40)33-27/h10-11,14,21,23,27H,3-9,12-13,15-17H2,1-2H3,(H,30,36)(H,38,39)(H2,32,33,40)/t21?,23-,27?/m0/s1. The second kappa shape index (κ2) is 15.6. The number of aliphatic carboxylic acids is 1. The molecule has 14 heteroatoms. The van der Waals surface area contributed by atoms with Crippen LogP contribution in [0.3, 0.4) is 0 Å². The van der Waals surface area contributed by atoms with Crippen molar-refractivity contribution in [2.45, 2.75) is 75.6 Å². The number of hydrogen-bond acceptors (Lipinski definition) is 9. The molecule has 0 bridgehead atoms. The Hall–Kier alpha value is -3.81. The summed E-state index contributed by atoms with van der Waals surface area (Å²) in [6.45, 7) is 2.62. The summed E-state index contributed by atoms with van der Waals surface area (Å²) in [6.07, 6.45) is 5.47. The molecule has 2 aromatic rings. The van der Waals surface area contributed by atoms with Crippen LogP contribution in [0.25, 0.3) is 11.5 Å². The zero-order valence-corrected chi connectivity index (χ0v) is 25.4. The number of ether oxygens (including phenoxy) is 1. The van der Waals surface area contributed by atoms with Crippen molar-refractivity contribution in [3.05, 3.63) is 29.6 Å². The van der Waals surface area contributed by atoms with Gasteiger partial charge in [-0.3, -0.25) is 14.4 Å². The molecule has 1 aromatic carbocycles. The van der Waals surface area contributed by atoms with Crippen LogP contribution in [0, 0.1) is 6.92 Å². The first-order chi connectivity index (χ1) is 20.7. The molecule has 43 heavy (non-hydrogen) atoms. The number of benzene rings is 1. The highest BCUT2D eigenvalue weighted by molar-refractivity contribution is 8.00. The molecule has 3 heterocycles. The monoisotopic (exact) mass is 616 g/mol. The minimum atomic E-state index is -1.03. The van der Waals surface area contributed by atoms with Crippen molar-refractivity contribution in [1.82, 2.24) is 31.0 Å². The van der Waals surface area contributed by atoms with Crippen molar-refractivity contribution < 1.29 is 33.5 Å². The summed E-state index contributed by atoms with van der Waals surface area (Å²) in [5.74, 6) is 0.805. The first kappa shape index (κ1) is 32.1. The maximum atomic E-state index is 12.6. The van der Waals surface area contributed by atoms with Crippen molar-refractivity contribution >= 4 is 35.6 Å². The number of aryl methyl sites for hydroxylation is 1. The van der Waals surface area contributed by atoms with Crippen LogP contribution in [-0.2, 0) is 20.8 Å². The predicted molar refractivity (Wildman–Crippen MR) is 160 cm³/mol. The van der Waals surface area contributed by atoms with E-state index in [1.807, 2.05) is 11.8 Å². The molecule has 13 nitrogen and oxygen atoms in total. The van der Waals surface area contributed by atoms with Gasteiger partial charge in [0.25, 0.3) is 11.8 Å². The number of carboxylic acid groups (broad SMARTS) is 1. The fourth-order valence-electron chi connectivity index (χ4n) is 5.18. The number of unbranched alkanes of at least 4 members (excludes halogenated alkanes) is 3. The van der Waals surface area contributed by atoms with E-state index in [-0.39, 0.29) is 48.8 Å². The SMILES string of the molecule is Cc1noc(-c2ccc(OCC(=O)N(C)CCCCCNC(=O)CCCC[C@@H]3SCC4NC(=O)NC43)c(CC(=O)O)c2)n1. The van der Waals surface area contributed by atoms with E-state index in [4.69, 9.17) is 9.26 Å². The van der Waals surface area contributed by atoms with Gasteiger partial charge in [0.2, 0.25) is 5.91 Å². The molecule has 2 aliphatic rings. The minimum Gasteiger partial charge on any atom is -0.483 e. The Morgan fingerprint density at radius 1 is 1.19 bits per heavy atom. The van der Waals surface area contributed by atoms with Gasteiger partial charge in [-0.2, -0.15) is 16.7 Å². The second-order valence-corrected chi connectivity index (χ2v) is 12.2. The van der Waals surface area contributed by atoms with Crippen molar-refractivity contribution in [3.8, 4) is 17.2 Å². The Kier molecular flexibility index (Phi) is 11.6. The summed E-state index contributed by atoms with van der Waals surface area (Å²) in [6, 6.07) is 5.26. The molecule has 0 radical (unpaired) electrons. The molecule has 2 saturated heterocycles. The van der Waals surface area contributed by atoms with Gasteiger partial charge in [-0.1, -0.05) is 11.6 Å². The van der Waals surface area contributed by atoms with E-state index in [2.05, 4.69) is 26.1 Å². The topological polar surface area (TPSA) is 176 Å². The number of carboxylic acids is 1. The first-order valence-corrected chi connectivity index (χ1v) is 15.7. The number of likely N-dealkylation sites (N-methyl/N-ethyl adjacent to an activating group) is 1. The van der Waals surface area contributed by atoms with Crippen LogP contribution >= 0.6 is 11.8 Å². The number of carbonyl (C=O) groups is 4. The fraction of sp³-hybridized carbons (Fsp3) is 0.586. The lowest BCUT2D eigenvalue weighted by Gasteiger charge is -2.18. The van der Waals surface area contributed by atoms with Gasteiger partial charge in [-0.05, 0) is 57.2 Å². The lowest BCUT2D eigenvalue weighted by atomic mass is 10.0. The van der Waals surface area contributed by atoms with Crippen LogP contribution < -0.4 is 20.7 Å². The Labute approximate surface area is 254 Å². The van der Waals surface area contributed by atoms with E-state index in [1.54, 1.807) is 37.1 Å². The molecule has 4 N–H and O–H groups in total. The van der Waals surface area contributed by atoms with E-state index in [9.17, 15) is 24.3 Å². The van der Waals surface area contributed by atoms with Gasteiger partial charge < -0.3 is 35.2 Å². The lowest BCUT2D eigenvalue weighted by molar-refractivity contribution is -0.136. The Morgan fingerprint density at radius 2 is 2.02 bits per heavy atom. The highest BCUT2D eigenvalue weighted by Crippen LogP contribution is 2.33. The average molecular weight is 617 g/mol. The number of nitrogens with zero attached hydrogens (tertiary/aromatic N) is 3. The molecule has 234 valence electrons. The zero-order valence-electron chi connectivity index (χ0n) is 24.6.